The van der Waals surface area contributed by atoms with E-state index in [2.05, 4.69) is 33.1 Å². The molecule has 0 saturated heterocycles. The quantitative estimate of drug-likeness (QED) is 0.491. The largest absolute Gasteiger partial charge is 0.497 e. The van der Waals surface area contributed by atoms with Gasteiger partial charge in [0, 0.05) is 53.7 Å². The number of aromatic amines is 1. The van der Waals surface area contributed by atoms with E-state index < -0.39 is 0 Å². The lowest BCUT2D eigenvalue weighted by Crippen LogP contribution is -2.35. The van der Waals surface area contributed by atoms with E-state index in [4.69, 9.17) is 18.9 Å². The van der Waals surface area contributed by atoms with Crippen LogP contribution in [0.25, 0.3) is 10.9 Å². The molecule has 1 atom stereocenters. The van der Waals surface area contributed by atoms with E-state index in [1.54, 1.807) is 14.2 Å². The lowest BCUT2D eigenvalue weighted by atomic mass is 9.92. The molecule has 0 spiro atoms. The highest BCUT2D eigenvalue weighted by Crippen LogP contribution is 2.42. The SMILES string of the molecule is COc1ccc2[nH]c3c(c2c1)CCN(Cc1cc2c(cc1OC)OCO2)C3c1cccnc1. The molecule has 4 heterocycles. The number of fused-ring (bicyclic) bond motifs is 4. The lowest BCUT2D eigenvalue weighted by Gasteiger charge is -2.36. The van der Waals surface area contributed by atoms with Crippen molar-refractivity contribution < 1.29 is 18.9 Å². The van der Waals surface area contributed by atoms with Gasteiger partial charge in [0.1, 0.15) is 11.5 Å². The number of aromatic nitrogens is 2. The van der Waals surface area contributed by atoms with Crippen molar-refractivity contribution in [2.75, 3.05) is 27.6 Å². The number of hydrogen-bond acceptors (Lipinski definition) is 6. The van der Waals surface area contributed by atoms with E-state index in [0.717, 1.165) is 52.6 Å². The van der Waals surface area contributed by atoms with Crippen molar-refractivity contribution in [1.29, 1.82) is 0 Å². The Morgan fingerprint density at radius 3 is 2.76 bits per heavy atom. The van der Waals surface area contributed by atoms with Gasteiger partial charge in [-0.3, -0.25) is 9.88 Å². The first kappa shape index (κ1) is 19.9. The smallest absolute Gasteiger partial charge is 0.231 e. The Bertz CT molecular complexity index is 1320. The van der Waals surface area contributed by atoms with E-state index in [-0.39, 0.29) is 12.8 Å². The monoisotopic (exact) mass is 443 g/mol. The minimum absolute atomic E-state index is 0.0379. The van der Waals surface area contributed by atoms with E-state index in [1.165, 1.54) is 16.6 Å². The summed E-state index contributed by atoms with van der Waals surface area (Å²) in [5, 5.41) is 1.22. The van der Waals surface area contributed by atoms with Crippen LogP contribution in [0.5, 0.6) is 23.0 Å². The van der Waals surface area contributed by atoms with E-state index in [9.17, 15) is 0 Å². The number of ether oxygens (including phenoxy) is 4. The van der Waals surface area contributed by atoms with Gasteiger partial charge < -0.3 is 23.9 Å². The number of methoxy groups -OCH3 is 2. The van der Waals surface area contributed by atoms with Gasteiger partial charge in [0.05, 0.1) is 20.3 Å². The fourth-order valence-corrected chi connectivity index (χ4v) is 5.03. The summed E-state index contributed by atoms with van der Waals surface area (Å²) in [4.78, 5) is 10.6. The highest BCUT2D eigenvalue weighted by atomic mass is 16.7. The summed E-state index contributed by atoms with van der Waals surface area (Å²) < 4.78 is 22.4. The maximum atomic E-state index is 5.70. The predicted molar refractivity (Wildman–Crippen MR) is 124 cm³/mol. The number of nitrogens with zero attached hydrogens (tertiary/aromatic N) is 2. The van der Waals surface area contributed by atoms with Gasteiger partial charge in [-0.15, -0.1) is 0 Å². The normalized spacial score (nSPS) is 17.2. The van der Waals surface area contributed by atoms with Gasteiger partial charge in [0.15, 0.2) is 11.5 Å². The molecule has 2 aromatic heterocycles. The van der Waals surface area contributed by atoms with Gasteiger partial charge >= 0.3 is 0 Å². The molecular formula is C26H25N3O4. The van der Waals surface area contributed by atoms with Gasteiger partial charge in [-0.25, -0.2) is 0 Å². The Morgan fingerprint density at radius 1 is 1.09 bits per heavy atom. The van der Waals surface area contributed by atoms with Crippen LogP contribution in [-0.2, 0) is 13.0 Å². The van der Waals surface area contributed by atoms with Crippen LogP contribution in [0.2, 0.25) is 0 Å². The van der Waals surface area contributed by atoms with Crippen LogP contribution in [0.3, 0.4) is 0 Å². The average molecular weight is 444 g/mol. The molecule has 1 unspecified atom stereocenters. The van der Waals surface area contributed by atoms with Crippen molar-refractivity contribution in [1.82, 2.24) is 14.9 Å². The molecule has 0 radical (unpaired) electrons. The molecule has 4 aromatic rings. The van der Waals surface area contributed by atoms with Gasteiger partial charge in [-0.2, -0.15) is 0 Å². The zero-order chi connectivity index (χ0) is 22.4. The third kappa shape index (κ3) is 3.36. The zero-order valence-electron chi connectivity index (χ0n) is 18.6. The number of hydrogen-bond donors (Lipinski definition) is 1. The van der Waals surface area contributed by atoms with Gasteiger partial charge in [-0.1, -0.05) is 6.07 Å². The molecule has 0 aliphatic carbocycles. The Hall–Kier alpha value is -3.71. The first-order valence-corrected chi connectivity index (χ1v) is 11.0. The molecule has 1 N–H and O–H groups in total. The van der Waals surface area contributed by atoms with Gasteiger partial charge in [0.25, 0.3) is 0 Å². The van der Waals surface area contributed by atoms with Crippen LogP contribution in [0.1, 0.15) is 28.4 Å². The third-order valence-electron chi connectivity index (χ3n) is 6.58. The topological polar surface area (TPSA) is 68.8 Å². The van der Waals surface area contributed by atoms with Crippen molar-refractivity contribution in [2.24, 2.45) is 0 Å². The molecule has 0 bridgehead atoms. The van der Waals surface area contributed by atoms with Crippen molar-refractivity contribution >= 4 is 10.9 Å². The molecule has 6 rings (SSSR count). The second kappa shape index (κ2) is 8.01. The maximum Gasteiger partial charge on any atom is 0.231 e. The Labute approximate surface area is 191 Å². The molecule has 7 nitrogen and oxygen atoms in total. The van der Waals surface area contributed by atoms with Crippen LogP contribution >= 0.6 is 0 Å². The first-order chi connectivity index (χ1) is 16.2. The fraction of sp³-hybridized carbons (Fsp3) is 0.269. The molecule has 168 valence electrons. The minimum atomic E-state index is 0.0379. The van der Waals surface area contributed by atoms with Crippen LogP contribution in [0.4, 0.5) is 0 Å². The minimum Gasteiger partial charge on any atom is -0.497 e. The van der Waals surface area contributed by atoms with Crippen LogP contribution in [0.15, 0.2) is 54.9 Å². The zero-order valence-corrected chi connectivity index (χ0v) is 18.6. The van der Waals surface area contributed by atoms with Crippen molar-refractivity contribution in [3.05, 3.63) is 77.2 Å². The van der Waals surface area contributed by atoms with E-state index in [0.29, 0.717) is 6.54 Å². The van der Waals surface area contributed by atoms with Crippen LogP contribution in [0, 0.1) is 0 Å². The summed E-state index contributed by atoms with van der Waals surface area (Å²) in [6, 6.07) is 14.3. The summed E-state index contributed by atoms with van der Waals surface area (Å²) >= 11 is 0. The molecule has 0 fully saturated rings. The number of rotatable bonds is 5. The van der Waals surface area contributed by atoms with Gasteiger partial charge in [0.2, 0.25) is 6.79 Å². The molecule has 2 aromatic carbocycles. The molecule has 33 heavy (non-hydrogen) atoms. The van der Waals surface area contributed by atoms with Crippen LogP contribution in [-0.4, -0.2) is 42.4 Å². The Morgan fingerprint density at radius 2 is 1.97 bits per heavy atom. The highest BCUT2D eigenvalue weighted by Gasteiger charge is 2.33. The number of benzene rings is 2. The summed E-state index contributed by atoms with van der Waals surface area (Å²) in [6.45, 7) is 1.84. The molecule has 0 amide bonds. The average Bonchev–Trinajstić information content (AvgIpc) is 3.47. The Balaban J connectivity index is 1.44. The predicted octanol–water partition coefficient (Wildman–Crippen LogP) is 4.46. The first-order valence-electron chi connectivity index (χ1n) is 11.0. The standard InChI is InChI=1S/C26H25N3O4/c1-30-18-5-6-21-20(11-18)19-7-9-29(26(25(19)28-21)16-4-3-8-27-13-16)14-17-10-23-24(33-15-32-23)12-22(17)31-2/h3-6,8,10-13,26,28H,7,9,14-15H2,1-2H3. The summed E-state index contributed by atoms with van der Waals surface area (Å²) in [7, 11) is 3.40. The molecule has 2 aliphatic rings. The third-order valence-corrected chi connectivity index (χ3v) is 6.58. The van der Waals surface area contributed by atoms with E-state index >= 15 is 0 Å². The summed E-state index contributed by atoms with van der Waals surface area (Å²) in [5.74, 6) is 3.16. The number of nitrogens with one attached hydrogen (secondary N) is 1. The highest BCUT2D eigenvalue weighted by molar-refractivity contribution is 5.86. The maximum absolute atomic E-state index is 5.70. The molecule has 2 aliphatic heterocycles. The summed E-state index contributed by atoms with van der Waals surface area (Å²) in [6.07, 6.45) is 4.70. The molecule has 7 heteroatoms. The second-order valence-electron chi connectivity index (χ2n) is 8.36. The van der Waals surface area contributed by atoms with Crippen LogP contribution < -0.4 is 18.9 Å². The fourth-order valence-electron chi connectivity index (χ4n) is 5.03. The number of pyridine rings is 1. The van der Waals surface area contributed by atoms with E-state index in [1.807, 2.05) is 36.7 Å². The van der Waals surface area contributed by atoms with Crippen molar-refractivity contribution in [3.8, 4) is 23.0 Å². The number of H-pyrrole nitrogens is 1. The van der Waals surface area contributed by atoms with Crippen molar-refractivity contribution in [3.63, 3.8) is 0 Å². The second-order valence-corrected chi connectivity index (χ2v) is 8.36. The van der Waals surface area contributed by atoms with Gasteiger partial charge in [-0.05, 0) is 47.9 Å². The van der Waals surface area contributed by atoms with Crippen molar-refractivity contribution in [2.45, 2.75) is 19.0 Å². The molecule has 0 saturated carbocycles. The summed E-state index contributed by atoms with van der Waals surface area (Å²) in [5.41, 5.74) is 5.88. The Kier molecular flexibility index (Phi) is 4.84. The molecular weight excluding hydrogens is 418 g/mol. The lowest BCUT2D eigenvalue weighted by molar-refractivity contribution is 0.173.